The van der Waals surface area contributed by atoms with Crippen LogP contribution in [0.4, 0.5) is 0 Å². The fourth-order valence-corrected chi connectivity index (χ4v) is 2.61. The van der Waals surface area contributed by atoms with Gasteiger partial charge in [-0.25, -0.2) is 4.98 Å². The van der Waals surface area contributed by atoms with Gasteiger partial charge in [0.2, 0.25) is 11.8 Å². The van der Waals surface area contributed by atoms with Gasteiger partial charge >= 0.3 is 0 Å². The van der Waals surface area contributed by atoms with Crippen LogP contribution in [0.1, 0.15) is 5.89 Å². The van der Waals surface area contributed by atoms with Crippen LogP contribution in [-0.2, 0) is 11.2 Å². The highest BCUT2D eigenvalue weighted by Crippen LogP contribution is 2.34. The zero-order chi connectivity index (χ0) is 19.2. The number of aromatic nitrogens is 1. The molecule has 140 valence electrons. The van der Waals surface area contributed by atoms with Gasteiger partial charge in [0.25, 0.3) is 0 Å². The molecule has 0 saturated carbocycles. The van der Waals surface area contributed by atoms with Gasteiger partial charge in [-0.3, -0.25) is 4.79 Å². The van der Waals surface area contributed by atoms with Crippen molar-refractivity contribution in [2.24, 2.45) is 11.5 Å². The summed E-state index contributed by atoms with van der Waals surface area (Å²) in [6.45, 7) is 0.892. The van der Waals surface area contributed by atoms with Crippen molar-refractivity contribution < 1.29 is 18.7 Å². The molecule has 0 fully saturated rings. The third-order valence-electron chi connectivity index (χ3n) is 3.86. The second kappa shape index (κ2) is 8.37. The molecule has 0 aliphatic carbocycles. The maximum Gasteiger partial charge on any atom is 0.226 e. The lowest BCUT2D eigenvalue weighted by molar-refractivity contribution is -0.117. The van der Waals surface area contributed by atoms with Gasteiger partial charge in [0.05, 0.1) is 7.11 Å². The molecule has 1 heterocycles. The SMILES string of the molecule is COc1ccc(-c2nc(CC(N)=O)oc2-c2ccc(OCCN)cc2)cc1. The molecule has 0 bridgehead atoms. The Morgan fingerprint density at radius 1 is 1.04 bits per heavy atom. The van der Waals surface area contributed by atoms with Crippen LogP contribution in [0, 0.1) is 0 Å². The molecule has 0 saturated heterocycles. The smallest absolute Gasteiger partial charge is 0.226 e. The van der Waals surface area contributed by atoms with Crippen molar-refractivity contribution in [3.8, 4) is 34.1 Å². The second-order valence-electron chi connectivity index (χ2n) is 5.82. The number of nitrogens with zero attached hydrogens (tertiary/aromatic N) is 1. The molecular formula is C20H21N3O4. The molecule has 1 aromatic heterocycles. The first kappa shape index (κ1) is 18.5. The van der Waals surface area contributed by atoms with Crippen LogP contribution in [0.3, 0.4) is 0 Å². The van der Waals surface area contributed by atoms with Crippen molar-refractivity contribution in [1.82, 2.24) is 4.98 Å². The molecule has 0 aliphatic rings. The number of ether oxygens (including phenoxy) is 2. The zero-order valence-electron chi connectivity index (χ0n) is 15.0. The van der Waals surface area contributed by atoms with Gasteiger partial charge in [-0.2, -0.15) is 0 Å². The number of oxazole rings is 1. The number of hydrogen-bond acceptors (Lipinski definition) is 6. The van der Waals surface area contributed by atoms with Crippen molar-refractivity contribution in [2.75, 3.05) is 20.3 Å². The van der Waals surface area contributed by atoms with E-state index in [2.05, 4.69) is 4.98 Å². The van der Waals surface area contributed by atoms with Crippen LogP contribution >= 0.6 is 0 Å². The Labute approximate surface area is 156 Å². The van der Waals surface area contributed by atoms with Crippen LogP contribution in [0.5, 0.6) is 11.5 Å². The maximum atomic E-state index is 11.3. The van der Waals surface area contributed by atoms with Crippen molar-refractivity contribution in [1.29, 1.82) is 0 Å². The molecule has 0 unspecified atom stereocenters. The van der Waals surface area contributed by atoms with Gasteiger partial charge in [0.1, 0.15) is 30.2 Å². The van der Waals surface area contributed by atoms with Gasteiger partial charge in [0.15, 0.2) is 5.76 Å². The largest absolute Gasteiger partial charge is 0.497 e. The molecule has 0 spiro atoms. The van der Waals surface area contributed by atoms with E-state index in [-0.39, 0.29) is 12.3 Å². The summed E-state index contributed by atoms with van der Waals surface area (Å²) >= 11 is 0. The minimum atomic E-state index is -0.505. The molecule has 0 atom stereocenters. The highest BCUT2D eigenvalue weighted by Gasteiger charge is 2.18. The normalized spacial score (nSPS) is 10.6. The summed E-state index contributed by atoms with van der Waals surface area (Å²) in [5.74, 6) is 1.78. The summed E-state index contributed by atoms with van der Waals surface area (Å²) in [5.41, 5.74) is 13.0. The van der Waals surface area contributed by atoms with Crippen molar-refractivity contribution >= 4 is 5.91 Å². The monoisotopic (exact) mass is 367 g/mol. The predicted molar refractivity (Wildman–Crippen MR) is 101 cm³/mol. The Kier molecular flexibility index (Phi) is 5.73. The molecule has 1 amide bonds. The molecule has 27 heavy (non-hydrogen) atoms. The third kappa shape index (κ3) is 4.45. The Morgan fingerprint density at radius 2 is 1.67 bits per heavy atom. The van der Waals surface area contributed by atoms with Crippen LogP contribution in [0.15, 0.2) is 52.9 Å². The number of hydrogen-bond donors (Lipinski definition) is 2. The Balaban J connectivity index is 1.99. The summed E-state index contributed by atoms with van der Waals surface area (Å²) in [6.07, 6.45) is -0.0686. The lowest BCUT2D eigenvalue weighted by Crippen LogP contribution is -2.13. The molecule has 0 aliphatic heterocycles. The van der Waals surface area contributed by atoms with E-state index in [1.165, 1.54) is 0 Å². The number of methoxy groups -OCH3 is 1. The molecule has 7 nitrogen and oxygen atoms in total. The van der Waals surface area contributed by atoms with Crippen LogP contribution < -0.4 is 20.9 Å². The van der Waals surface area contributed by atoms with Gasteiger partial charge < -0.3 is 25.4 Å². The minimum absolute atomic E-state index is 0.0686. The Hall–Kier alpha value is -3.32. The minimum Gasteiger partial charge on any atom is -0.497 e. The van der Waals surface area contributed by atoms with E-state index in [1.807, 2.05) is 48.5 Å². The number of amides is 1. The quantitative estimate of drug-likeness (QED) is 0.632. The van der Waals surface area contributed by atoms with E-state index in [9.17, 15) is 4.79 Å². The topological polar surface area (TPSA) is 114 Å². The zero-order valence-corrected chi connectivity index (χ0v) is 15.0. The maximum absolute atomic E-state index is 11.3. The standard InChI is InChI=1S/C20H21N3O4/c1-25-15-6-2-13(3-7-15)19-20(27-18(23-19)12-17(22)24)14-4-8-16(9-5-14)26-11-10-21/h2-9H,10-12,21H2,1H3,(H2,22,24). The third-order valence-corrected chi connectivity index (χ3v) is 3.86. The van der Waals surface area contributed by atoms with Crippen molar-refractivity contribution in [3.05, 3.63) is 54.4 Å². The number of carbonyl (C=O) groups is 1. The number of benzene rings is 2. The second-order valence-corrected chi connectivity index (χ2v) is 5.82. The van der Waals surface area contributed by atoms with E-state index in [4.69, 9.17) is 25.4 Å². The summed E-state index contributed by atoms with van der Waals surface area (Å²) in [6, 6.07) is 14.8. The molecule has 4 N–H and O–H groups in total. The first-order chi connectivity index (χ1) is 13.1. The van der Waals surface area contributed by atoms with Gasteiger partial charge in [-0.15, -0.1) is 0 Å². The van der Waals surface area contributed by atoms with Crippen molar-refractivity contribution in [3.63, 3.8) is 0 Å². The number of rotatable bonds is 8. The Morgan fingerprint density at radius 3 is 2.26 bits per heavy atom. The van der Waals surface area contributed by atoms with E-state index >= 15 is 0 Å². The highest BCUT2D eigenvalue weighted by molar-refractivity contribution is 5.79. The lowest BCUT2D eigenvalue weighted by atomic mass is 10.1. The molecule has 3 rings (SSSR count). The molecule has 7 heteroatoms. The summed E-state index contributed by atoms with van der Waals surface area (Å²) < 4.78 is 16.5. The van der Waals surface area contributed by atoms with E-state index in [1.54, 1.807) is 7.11 Å². The van der Waals surface area contributed by atoms with Crippen molar-refractivity contribution in [2.45, 2.75) is 6.42 Å². The van der Waals surface area contributed by atoms with Crippen LogP contribution in [-0.4, -0.2) is 31.2 Å². The fraction of sp³-hybridized carbons (Fsp3) is 0.200. The molecule has 3 aromatic rings. The van der Waals surface area contributed by atoms with Crippen LogP contribution in [0.2, 0.25) is 0 Å². The fourth-order valence-electron chi connectivity index (χ4n) is 2.61. The molecule has 0 radical (unpaired) electrons. The van der Waals surface area contributed by atoms with Gasteiger partial charge in [-0.1, -0.05) is 0 Å². The number of carbonyl (C=O) groups excluding carboxylic acids is 1. The van der Waals surface area contributed by atoms with Gasteiger partial charge in [0, 0.05) is 17.7 Å². The summed E-state index contributed by atoms with van der Waals surface area (Å²) in [7, 11) is 1.61. The lowest BCUT2D eigenvalue weighted by Gasteiger charge is -2.06. The Bertz CT molecular complexity index is 902. The van der Waals surface area contributed by atoms with E-state index in [0.717, 1.165) is 16.9 Å². The van der Waals surface area contributed by atoms with E-state index < -0.39 is 5.91 Å². The number of nitrogens with two attached hydrogens (primary N) is 2. The van der Waals surface area contributed by atoms with Crippen LogP contribution in [0.25, 0.3) is 22.6 Å². The highest BCUT2D eigenvalue weighted by atomic mass is 16.5. The first-order valence-electron chi connectivity index (χ1n) is 8.46. The van der Waals surface area contributed by atoms with E-state index in [0.29, 0.717) is 30.4 Å². The summed E-state index contributed by atoms with van der Waals surface area (Å²) in [4.78, 5) is 15.7. The number of primary amides is 1. The molecular weight excluding hydrogens is 346 g/mol. The summed E-state index contributed by atoms with van der Waals surface area (Å²) in [5, 5.41) is 0. The average molecular weight is 367 g/mol. The molecule has 2 aromatic carbocycles. The van der Waals surface area contributed by atoms with Gasteiger partial charge in [-0.05, 0) is 48.5 Å². The predicted octanol–water partition coefficient (Wildman–Crippen LogP) is 2.38. The first-order valence-corrected chi connectivity index (χ1v) is 8.46. The average Bonchev–Trinajstić information content (AvgIpc) is 3.10.